The summed E-state index contributed by atoms with van der Waals surface area (Å²) in [5.41, 5.74) is 0. The van der Waals surface area contributed by atoms with Crippen molar-refractivity contribution in [3.05, 3.63) is 29.4 Å². The maximum absolute atomic E-state index is 13.5. The van der Waals surface area contributed by atoms with Crippen LogP contribution in [-0.2, 0) is 6.54 Å². The first-order valence-electron chi connectivity index (χ1n) is 5.73. The van der Waals surface area contributed by atoms with Gasteiger partial charge in [-0.25, -0.2) is 13.8 Å². The van der Waals surface area contributed by atoms with Crippen LogP contribution in [-0.4, -0.2) is 21.7 Å². The predicted molar refractivity (Wildman–Crippen MR) is 64.7 cm³/mol. The van der Waals surface area contributed by atoms with E-state index in [9.17, 15) is 8.78 Å². The zero-order valence-electron chi connectivity index (χ0n) is 10.5. The summed E-state index contributed by atoms with van der Waals surface area (Å²) < 4.78 is 31.7. The highest BCUT2D eigenvalue weighted by Gasteiger charge is 2.12. The third-order valence-electron chi connectivity index (χ3n) is 2.26. The molecule has 0 saturated carbocycles. The molecule has 0 amide bonds. The molecule has 0 aliphatic carbocycles. The van der Waals surface area contributed by atoms with Crippen molar-refractivity contribution in [2.24, 2.45) is 0 Å². The largest absolute Gasteiger partial charge is 0.368 e. The van der Waals surface area contributed by atoms with Gasteiger partial charge in [0, 0.05) is 19.5 Å². The number of nitrogens with one attached hydrogen (secondary N) is 2. The Bertz CT molecular complexity index is 572. The van der Waals surface area contributed by atoms with Crippen molar-refractivity contribution < 1.29 is 13.3 Å². The van der Waals surface area contributed by atoms with Crippen LogP contribution in [0.2, 0.25) is 0 Å². The van der Waals surface area contributed by atoms with E-state index in [1.54, 1.807) is 13.8 Å². The first-order chi connectivity index (χ1) is 9.10. The lowest BCUT2D eigenvalue weighted by Gasteiger charge is -2.08. The molecule has 19 heavy (non-hydrogen) atoms. The first-order valence-corrected chi connectivity index (χ1v) is 5.73. The Balaban J connectivity index is 2.13. The van der Waals surface area contributed by atoms with Crippen LogP contribution in [0.1, 0.15) is 18.6 Å². The smallest absolute Gasteiger partial charge is 0.223 e. The Hall–Kier alpha value is -2.25. The Morgan fingerprint density at radius 3 is 2.42 bits per heavy atom. The fourth-order valence-corrected chi connectivity index (χ4v) is 1.46. The van der Waals surface area contributed by atoms with Gasteiger partial charge < -0.3 is 15.2 Å². The molecule has 2 N–H and O–H groups in total. The van der Waals surface area contributed by atoms with Crippen molar-refractivity contribution in [3.63, 3.8) is 0 Å². The van der Waals surface area contributed by atoms with Gasteiger partial charge in [-0.15, -0.1) is 0 Å². The van der Waals surface area contributed by atoms with Crippen molar-refractivity contribution >= 4 is 11.6 Å². The molecule has 0 aliphatic rings. The number of rotatable bonds is 5. The van der Waals surface area contributed by atoms with Gasteiger partial charge in [0.25, 0.3) is 0 Å². The summed E-state index contributed by atoms with van der Waals surface area (Å²) >= 11 is 0. The number of hydrogen-bond donors (Lipinski definition) is 2. The maximum atomic E-state index is 13.5. The number of halogens is 2. The fourth-order valence-electron chi connectivity index (χ4n) is 1.46. The van der Waals surface area contributed by atoms with Gasteiger partial charge in [0.1, 0.15) is 0 Å². The molecule has 0 fully saturated rings. The highest BCUT2D eigenvalue weighted by atomic mass is 19.1. The van der Waals surface area contributed by atoms with E-state index < -0.39 is 11.6 Å². The summed E-state index contributed by atoms with van der Waals surface area (Å²) in [6.07, 6.45) is 0. The second-order valence-corrected chi connectivity index (χ2v) is 3.76. The highest BCUT2D eigenvalue weighted by Crippen LogP contribution is 2.19. The number of aromatic nitrogens is 3. The third kappa shape index (κ3) is 3.15. The van der Waals surface area contributed by atoms with Gasteiger partial charge in [-0.3, -0.25) is 0 Å². The number of pyridine rings is 1. The topological polar surface area (TPSA) is 75.9 Å². The molecule has 0 bridgehead atoms. The fraction of sp³-hybridized carbons (Fsp3) is 0.364. The normalized spacial score (nSPS) is 10.5. The molecule has 0 atom stereocenters. The van der Waals surface area contributed by atoms with Gasteiger partial charge >= 0.3 is 0 Å². The molecule has 2 aromatic heterocycles. The zero-order valence-corrected chi connectivity index (χ0v) is 10.5. The summed E-state index contributed by atoms with van der Waals surface area (Å²) in [6, 6.07) is 0.773. The van der Waals surface area contributed by atoms with E-state index in [1.165, 1.54) is 0 Å². The van der Waals surface area contributed by atoms with Crippen LogP contribution in [0.5, 0.6) is 0 Å². The first kappa shape index (κ1) is 13.2. The van der Waals surface area contributed by atoms with Gasteiger partial charge in [-0.05, 0) is 6.92 Å². The summed E-state index contributed by atoms with van der Waals surface area (Å²) in [6.45, 7) is 4.06. The van der Waals surface area contributed by atoms with Gasteiger partial charge in [-0.2, -0.15) is 4.98 Å². The van der Waals surface area contributed by atoms with E-state index in [-0.39, 0.29) is 18.2 Å². The summed E-state index contributed by atoms with van der Waals surface area (Å²) in [4.78, 5) is 7.78. The van der Waals surface area contributed by atoms with E-state index in [2.05, 4.69) is 25.8 Å². The van der Waals surface area contributed by atoms with Crippen molar-refractivity contribution in [1.29, 1.82) is 0 Å². The lowest BCUT2D eigenvalue weighted by atomic mass is 10.4. The third-order valence-corrected chi connectivity index (χ3v) is 2.26. The summed E-state index contributed by atoms with van der Waals surface area (Å²) in [5, 5.41) is 9.04. The van der Waals surface area contributed by atoms with Crippen LogP contribution in [0.15, 0.2) is 10.6 Å². The minimum absolute atomic E-state index is 0.00399. The zero-order chi connectivity index (χ0) is 13.8. The van der Waals surface area contributed by atoms with Crippen LogP contribution in [0.4, 0.5) is 20.4 Å². The molecule has 2 rings (SSSR count). The monoisotopic (exact) mass is 269 g/mol. The van der Waals surface area contributed by atoms with Gasteiger partial charge in [0.2, 0.25) is 5.89 Å². The lowest BCUT2D eigenvalue weighted by Crippen LogP contribution is -2.09. The predicted octanol–water partition coefficient (Wildman–Crippen LogP) is 2.10. The van der Waals surface area contributed by atoms with Crippen molar-refractivity contribution in [1.82, 2.24) is 15.1 Å². The average molecular weight is 269 g/mol. The van der Waals surface area contributed by atoms with Crippen LogP contribution < -0.4 is 10.6 Å². The molecule has 0 spiro atoms. The molecule has 0 radical (unpaired) electrons. The second kappa shape index (κ2) is 5.59. The van der Waals surface area contributed by atoms with Crippen LogP contribution in [0, 0.1) is 18.6 Å². The Morgan fingerprint density at radius 1 is 1.16 bits per heavy atom. The molecule has 0 aliphatic heterocycles. The van der Waals surface area contributed by atoms with Crippen LogP contribution >= 0.6 is 0 Å². The Labute approximate surface area is 108 Å². The molecule has 102 valence electrons. The van der Waals surface area contributed by atoms with Crippen molar-refractivity contribution in [3.8, 4) is 0 Å². The molecular formula is C11H13F2N5O. The average Bonchev–Trinajstić information content (AvgIpc) is 2.77. The molecule has 0 unspecified atom stereocenters. The highest BCUT2D eigenvalue weighted by molar-refractivity contribution is 5.47. The minimum Gasteiger partial charge on any atom is -0.368 e. The van der Waals surface area contributed by atoms with Crippen LogP contribution in [0.25, 0.3) is 0 Å². The number of nitrogens with zero attached hydrogens (tertiary/aromatic N) is 3. The lowest BCUT2D eigenvalue weighted by molar-refractivity contribution is 0.388. The second-order valence-electron chi connectivity index (χ2n) is 3.76. The molecular weight excluding hydrogens is 256 g/mol. The number of anilines is 2. The molecule has 0 saturated heterocycles. The van der Waals surface area contributed by atoms with Crippen molar-refractivity contribution in [2.75, 3.05) is 17.2 Å². The summed E-state index contributed by atoms with van der Waals surface area (Å²) in [5.74, 6) is -0.805. The van der Waals surface area contributed by atoms with E-state index in [0.29, 0.717) is 18.3 Å². The Morgan fingerprint density at radius 2 is 1.84 bits per heavy atom. The SMILES string of the molecule is CCNc1nc(NCc2noc(C)n2)c(F)cc1F. The number of aryl methyl sites for hydroxylation is 1. The molecule has 2 aromatic rings. The number of hydrogen-bond acceptors (Lipinski definition) is 6. The van der Waals surface area contributed by atoms with E-state index in [0.717, 1.165) is 6.07 Å². The maximum Gasteiger partial charge on any atom is 0.223 e. The van der Waals surface area contributed by atoms with E-state index >= 15 is 0 Å². The van der Waals surface area contributed by atoms with Gasteiger partial charge in [0.15, 0.2) is 29.1 Å². The van der Waals surface area contributed by atoms with Gasteiger partial charge in [0.05, 0.1) is 6.54 Å². The van der Waals surface area contributed by atoms with Gasteiger partial charge in [-0.1, -0.05) is 5.16 Å². The van der Waals surface area contributed by atoms with Crippen molar-refractivity contribution in [2.45, 2.75) is 20.4 Å². The van der Waals surface area contributed by atoms with Crippen LogP contribution in [0.3, 0.4) is 0 Å². The molecule has 8 heteroatoms. The van der Waals surface area contributed by atoms with E-state index in [1.807, 2.05) is 0 Å². The molecule has 0 aromatic carbocycles. The minimum atomic E-state index is -0.778. The quantitative estimate of drug-likeness (QED) is 0.865. The summed E-state index contributed by atoms with van der Waals surface area (Å²) in [7, 11) is 0. The Kier molecular flexibility index (Phi) is 3.88. The molecule has 6 nitrogen and oxygen atoms in total. The van der Waals surface area contributed by atoms with E-state index in [4.69, 9.17) is 4.52 Å². The molecule has 2 heterocycles. The standard InChI is InChI=1S/C11H13F2N5O/c1-3-14-10-7(12)4-8(13)11(17-10)15-5-9-16-6(2)19-18-9/h4H,3,5H2,1-2H3,(H2,14,15,17).